The van der Waals surface area contributed by atoms with Gasteiger partial charge in [0.15, 0.2) is 0 Å². The molecule has 0 aliphatic carbocycles. The maximum atomic E-state index is 12.0. The lowest BCUT2D eigenvalue weighted by Gasteiger charge is -2.15. The molecule has 1 aromatic rings. The van der Waals surface area contributed by atoms with Crippen molar-refractivity contribution >= 4 is 17.8 Å². The highest BCUT2D eigenvalue weighted by molar-refractivity contribution is 6.06. The number of imide groups is 1. The summed E-state index contributed by atoms with van der Waals surface area (Å²) in [7, 11) is 0. The minimum absolute atomic E-state index is 0.0909. The molecule has 0 spiro atoms. The maximum absolute atomic E-state index is 12.0. The molecule has 1 heterocycles. The number of aryl methyl sites for hydroxylation is 1. The van der Waals surface area contributed by atoms with Crippen LogP contribution in [-0.4, -0.2) is 48.0 Å². The van der Waals surface area contributed by atoms with Crippen LogP contribution in [0.1, 0.15) is 38.7 Å². The van der Waals surface area contributed by atoms with Gasteiger partial charge in [0.05, 0.1) is 6.61 Å². The molecule has 26 heavy (non-hydrogen) atoms. The summed E-state index contributed by atoms with van der Waals surface area (Å²) in [6.45, 7) is 6.64. The molecule has 142 valence electrons. The largest absolute Gasteiger partial charge is 0.494 e. The van der Waals surface area contributed by atoms with Crippen molar-refractivity contribution in [2.24, 2.45) is 0 Å². The van der Waals surface area contributed by atoms with Crippen LogP contribution in [-0.2, 0) is 9.59 Å². The van der Waals surface area contributed by atoms with Crippen molar-refractivity contribution in [1.82, 2.24) is 15.5 Å². The van der Waals surface area contributed by atoms with Crippen molar-refractivity contribution in [1.29, 1.82) is 0 Å². The maximum Gasteiger partial charge on any atom is 0.325 e. The molecule has 4 amide bonds. The SMILES string of the molecule is Cc1cccc(OCCCNC(=O)CCCN2C(=O)NC(C)(C)C2=O)c1. The van der Waals surface area contributed by atoms with E-state index in [1.165, 1.54) is 4.90 Å². The Bertz CT molecular complexity index is 673. The normalized spacial score (nSPS) is 15.7. The molecule has 1 fully saturated rings. The second-order valence-corrected chi connectivity index (χ2v) is 6.98. The third-order valence-electron chi connectivity index (χ3n) is 4.13. The van der Waals surface area contributed by atoms with E-state index < -0.39 is 11.6 Å². The lowest BCUT2D eigenvalue weighted by atomic mass is 10.1. The lowest BCUT2D eigenvalue weighted by molar-refractivity contribution is -0.130. The van der Waals surface area contributed by atoms with Gasteiger partial charge in [-0.3, -0.25) is 14.5 Å². The molecule has 1 saturated heterocycles. The first-order valence-corrected chi connectivity index (χ1v) is 8.90. The molecule has 0 bridgehead atoms. The fourth-order valence-corrected chi connectivity index (χ4v) is 2.70. The Hall–Kier alpha value is -2.57. The van der Waals surface area contributed by atoms with Crippen LogP contribution in [0.5, 0.6) is 5.75 Å². The van der Waals surface area contributed by atoms with Crippen LogP contribution in [0.25, 0.3) is 0 Å². The van der Waals surface area contributed by atoms with Crippen molar-refractivity contribution in [3.05, 3.63) is 29.8 Å². The Morgan fingerprint density at radius 1 is 1.27 bits per heavy atom. The first-order chi connectivity index (χ1) is 12.3. The van der Waals surface area contributed by atoms with E-state index in [1.54, 1.807) is 13.8 Å². The highest BCUT2D eigenvalue weighted by atomic mass is 16.5. The summed E-state index contributed by atoms with van der Waals surface area (Å²) < 4.78 is 5.62. The van der Waals surface area contributed by atoms with Crippen LogP contribution in [0, 0.1) is 6.92 Å². The molecule has 0 aromatic heterocycles. The van der Waals surface area contributed by atoms with Gasteiger partial charge in [-0.1, -0.05) is 12.1 Å². The monoisotopic (exact) mass is 361 g/mol. The summed E-state index contributed by atoms with van der Waals surface area (Å²) in [4.78, 5) is 36.8. The molecule has 0 unspecified atom stereocenters. The molecule has 0 atom stereocenters. The summed E-state index contributed by atoms with van der Waals surface area (Å²) in [6.07, 6.45) is 1.43. The van der Waals surface area contributed by atoms with Gasteiger partial charge in [-0.15, -0.1) is 0 Å². The Labute approximate surface area is 154 Å². The third-order valence-corrected chi connectivity index (χ3v) is 4.13. The molecule has 7 heteroatoms. The van der Waals surface area contributed by atoms with Gasteiger partial charge in [0.25, 0.3) is 5.91 Å². The number of rotatable bonds is 9. The van der Waals surface area contributed by atoms with E-state index in [2.05, 4.69) is 10.6 Å². The number of urea groups is 1. The van der Waals surface area contributed by atoms with Gasteiger partial charge in [-0.25, -0.2) is 4.79 Å². The van der Waals surface area contributed by atoms with Gasteiger partial charge in [0.1, 0.15) is 11.3 Å². The van der Waals surface area contributed by atoms with Crippen LogP contribution < -0.4 is 15.4 Å². The zero-order chi connectivity index (χ0) is 19.2. The van der Waals surface area contributed by atoms with Crippen molar-refractivity contribution in [3.8, 4) is 5.75 Å². The Morgan fingerprint density at radius 2 is 2.04 bits per heavy atom. The molecular formula is C19H27N3O4. The standard InChI is InChI=1S/C19H27N3O4/c1-14-7-4-8-15(13-14)26-12-6-10-20-16(23)9-5-11-22-17(24)19(2,3)21-18(22)25/h4,7-8,13H,5-6,9-12H2,1-3H3,(H,20,23)(H,21,25). The van der Waals surface area contributed by atoms with Crippen LogP contribution in [0.4, 0.5) is 4.79 Å². The summed E-state index contributed by atoms with van der Waals surface area (Å²) in [5, 5.41) is 5.44. The number of nitrogens with one attached hydrogen (secondary N) is 2. The van der Waals surface area contributed by atoms with Crippen molar-refractivity contribution in [2.45, 2.75) is 45.6 Å². The quantitative estimate of drug-likeness (QED) is 0.520. The van der Waals surface area contributed by atoms with E-state index in [9.17, 15) is 14.4 Å². The molecule has 0 saturated carbocycles. The van der Waals surface area contributed by atoms with E-state index >= 15 is 0 Å². The molecule has 1 aliphatic rings. The van der Waals surface area contributed by atoms with E-state index in [0.29, 0.717) is 26.0 Å². The average Bonchev–Trinajstić information content (AvgIpc) is 2.76. The van der Waals surface area contributed by atoms with E-state index in [4.69, 9.17) is 4.74 Å². The summed E-state index contributed by atoms with van der Waals surface area (Å²) in [5.74, 6) is 0.482. The summed E-state index contributed by atoms with van der Waals surface area (Å²) in [6, 6.07) is 7.43. The number of carbonyl (C=O) groups is 3. The molecule has 1 aliphatic heterocycles. The fourth-order valence-electron chi connectivity index (χ4n) is 2.70. The number of nitrogens with zero attached hydrogens (tertiary/aromatic N) is 1. The number of ether oxygens (including phenoxy) is 1. The number of amides is 4. The van der Waals surface area contributed by atoms with Gasteiger partial charge in [-0.05, 0) is 51.3 Å². The molecule has 1 aromatic carbocycles. The number of benzene rings is 1. The lowest BCUT2D eigenvalue weighted by Crippen LogP contribution is -2.40. The first-order valence-electron chi connectivity index (χ1n) is 8.90. The summed E-state index contributed by atoms with van der Waals surface area (Å²) in [5.41, 5.74) is 0.278. The van der Waals surface area contributed by atoms with Gasteiger partial charge in [0.2, 0.25) is 5.91 Å². The predicted molar refractivity (Wildman–Crippen MR) is 97.9 cm³/mol. The molecule has 7 nitrogen and oxygen atoms in total. The van der Waals surface area contributed by atoms with Crippen LogP contribution in [0.3, 0.4) is 0 Å². The highest BCUT2D eigenvalue weighted by Gasteiger charge is 2.43. The smallest absolute Gasteiger partial charge is 0.325 e. The van der Waals surface area contributed by atoms with Crippen molar-refractivity contribution in [2.75, 3.05) is 19.7 Å². The van der Waals surface area contributed by atoms with E-state index in [0.717, 1.165) is 11.3 Å². The molecule has 2 rings (SSSR count). The zero-order valence-electron chi connectivity index (χ0n) is 15.6. The van der Waals surface area contributed by atoms with E-state index in [1.807, 2.05) is 31.2 Å². The number of hydrogen-bond acceptors (Lipinski definition) is 4. The zero-order valence-corrected chi connectivity index (χ0v) is 15.6. The van der Waals surface area contributed by atoms with Crippen LogP contribution in [0.15, 0.2) is 24.3 Å². The van der Waals surface area contributed by atoms with Gasteiger partial charge in [0, 0.05) is 19.5 Å². The van der Waals surface area contributed by atoms with Gasteiger partial charge >= 0.3 is 6.03 Å². The first kappa shape index (κ1) is 19.8. The fraction of sp³-hybridized carbons (Fsp3) is 0.526. The van der Waals surface area contributed by atoms with E-state index in [-0.39, 0.29) is 24.8 Å². The molecule has 2 N–H and O–H groups in total. The second-order valence-electron chi connectivity index (χ2n) is 6.98. The predicted octanol–water partition coefficient (Wildman–Crippen LogP) is 1.99. The highest BCUT2D eigenvalue weighted by Crippen LogP contribution is 2.17. The Balaban J connectivity index is 1.57. The van der Waals surface area contributed by atoms with Gasteiger partial charge < -0.3 is 15.4 Å². The minimum atomic E-state index is -0.864. The minimum Gasteiger partial charge on any atom is -0.494 e. The molecular weight excluding hydrogens is 334 g/mol. The second kappa shape index (κ2) is 8.69. The Morgan fingerprint density at radius 3 is 2.69 bits per heavy atom. The Kier molecular flexibility index (Phi) is 6.60. The molecule has 0 radical (unpaired) electrons. The average molecular weight is 361 g/mol. The van der Waals surface area contributed by atoms with Gasteiger partial charge in [-0.2, -0.15) is 0 Å². The number of carbonyl (C=O) groups excluding carboxylic acids is 3. The third kappa shape index (κ3) is 5.47. The van der Waals surface area contributed by atoms with Crippen LogP contribution >= 0.6 is 0 Å². The summed E-state index contributed by atoms with van der Waals surface area (Å²) >= 11 is 0. The number of hydrogen-bond donors (Lipinski definition) is 2. The van der Waals surface area contributed by atoms with Crippen LogP contribution in [0.2, 0.25) is 0 Å². The van der Waals surface area contributed by atoms with Crippen molar-refractivity contribution in [3.63, 3.8) is 0 Å². The topological polar surface area (TPSA) is 87.7 Å². The van der Waals surface area contributed by atoms with Crippen molar-refractivity contribution < 1.29 is 19.1 Å².